The Labute approximate surface area is 102 Å². The van der Waals surface area contributed by atoms with Gasteiger partial charge in [0.05, 0.1) is 23.7 Å². The van der Waals surface area contributed by atoms with Crippen molar-refractivity contribution in [2.24, 2.45) is 0 Å². The van der Waals surface area contributed by atoms with Crippen molar-refractivity contribution < 1.29 is 21.9 Å². The van der Waals surface area contributed by atoms with Crippen molar-refractivity contribution in [3.05, 3.63) is 24.3 Å². The average Bonchev–Trinajstić information content (AvgIpc) is 2.28. The Morgan fingerprint density at radius 2 is 1.94 bits per heavy atom. The maximum absolute atomic E-state index is 11.7. The molecule has 1 aliphatic rings. The zero-order valence-corrected chi connectivity index (χ0v) is 10.4. The van der Waals surface area contributed by atoms with Crippen LogP contribution >= 0.6 is 0 Å². The Morgan fingerprint density at radius 1 is 1.29 bits per heavy atom. The van der Waals surface area contributed by atoms with Crippen LogP contribution in [0.15, 0.2) is 29.2 Å². The molecule has 0 amide bonds. The summed E-state index contributed by atoms with van der Waals surface area (Å²) in [6.45, 7) is 0.594. The Hall–Kier alpha value is -0.960. The second-order valence-electron chi connectivity index (χ2n) is 3.45. The van der Waals surface area contributed by atoms with Crippen molar-refractivity contribution >= 4 is 26.8 Å². The van der Waals surface area contributed by atoms with Crippen LogP contribution in [-0.2, 0) is 25.8 Å². The summed E-state index contributed by atoms with van der Waals surface area (Å²) < 4.78 is 49.1. The van der Waals surface area contributed by atoms with Gasteiger partial charge in [0.15, 0.2) is 17.0 Å². The molecule has 1 N–H and O–H groups in total. The van der Waals surface area contributed by atoms with Crippen LogP contribution in [0.3, 0.4) is 0 Å². The van der Waals surface area contributed by atoms with Crippen LogP contribution in [0.2, 0.25) is 0 Å². The fourth-order valence-corrected chi connectivity index (χ4v) is 3.15. The third kappa shape index (κ3) is 2.65. The van der Waals surface area contributed by atoms with Gasteiger partial charge in [-0.2, -0.15) is 0 Å². The van der Waals surface area contributed by atoms with Gasteiger partial charge < -0.3 is 9.29 Å². The van der Waals surface area contributed by atoms with Crippen LogP contribution in [-0.4, -0.2) is 36.3 Å². The SMILES string of the molecule is O=S(O)c1ccc(N2CCOCS2(=O)=O)cc1. The van der Waals surface area contributed by atoms with Gasteiger partial charge in [-0.3, -0.25) is 4.31 Å². The Bertz CT molecular complexity index is 525. The molecule has 0 radical (unpaired) electrons. The summed E-state index contributed by atoms with van der Waals surface area (Å²) in [7, 11) is -3.44. The van der Waals surface area contributed by atoms with E-state index in [0.717, 1.165) is 0 Å². The molecule has 17 heavy (non-hydrogen) atoms. The minimum Gasteiger partial charge on any atom is -0.362 e. The smallest absolute Gasteiger partial charge is 0.259 e. The van der Waals surface area contributed by atoms with Crippen molar-refractivity contribution in [1.29, 1.82) is 0 Å². The maximum atomic E-state index is 11.7. The van der Waals surface area contributed by atoms with Crippen LogP contribution in [0.5, 0.6) is 0 Å². The number of benzene rings is 1. The zero-order chi connectivity index (χ0) is 12.5. The molecule has 1 unspecified atom stereocenters. The van der Waals surface area contributed by atoms with Crippen LogP contribution in [0, 0.1) is 0 Å². The lowest BCUT2D eigenvalue weighted by atomic mass is 10.3. The molecule has 1 heterocycles. The summed E-state index contributed by atoms with van der Waals surface area (Å²) in [5.41, 5.74) is 0.475. The predicted octanol–water partition coefficient (Wildman–Crippen LogP) is 0.391. The molecule has 0 aliphatic carbocycles. The number of hydrogen-bond acceptors (Lipinski definition) is 4. The molecule has 0 aromatic heterocycles. The summed E-state index contributed by atoms with van der Waals surface area (Å²) >= 11 is -2.05. The van der Waals surface area contributed by atoms with E-state index in [1.54, 1.807) is 0 Å². The zero-order valence-electron chi connectivity index (χ0n) is 8.77. The van der Waals surface area contributed by atoms with Gasteiger partial charge in [-0.15, -0.1) is 0 Å². The average molecular weight is 277 g/mol. The van der Waals surface area contributed by atoms with Gasteiger partial charge in [0.25, 0.3) is 10.0 Å². The van der Waals surface area contributed by atoms with E-state index in [1.165, 1.54) is 28.6 Å². The molecule has 0 saturated carbocycles. The second-order valence-corrected chi connectivity index (χ2v) is 6.26. The van der Waals surface area contributed by atoms with Gasteiger partial charge in [-0.25, -0.2) is 12.6 Å². The van der Waals surface area contributed by atoms with Crippen molar-refractivity contribution in [2.75, 3.05) is 23.4 Å². The van der Waals surface area contributed by atoms with Gasteiger partial charge in [-0.1, -0.05) is 0 Å². The van der Waals surface area contributed by atoms with Gasteiger partial charge in [0.1, 0.15) is 0 Å². The topological polar surface area (TPSA) is 83.9 Å². The van der Waals surface area contributed by atoms with Crippen LogP contribution in [0.4, 0.5) is 5.69 Å². The van der Waals surface area contributed by atoms with E-state index in [2.05, 4.69) is 0 Å². The molecular weight excluding hydrogens is 266 g/mol. The molecule has 6 nitrogen and oxygen atoms in total. The molecule has 1 atom stereocenters. The first-order valence-corrected chi connectivity index (χ1v) is 7.51. The summed E-state index contributed by atoms with van der Waals surface area (Å²) in [6, 6.07) is 5.87. The monoisotopic (exact) mass is 277 g/mol. The Morgan fingerprint density at radius 3 is 2.47 bits per heavy atom. The lowest BCUT2D eigenvalue weighted by molar-refractivity contribution is 0.175. The van der Waals surface area contributed by atoms with E-state index in [9.17, 15) is 12.6 Å². The van der Waals surface area contributed by atoms with Gasteiger partial charge in [-0.05, 0) is 24.3 Å². The minimum absolute atomic E-state index is 0.236. The van der Waals surface area contributed by atoms with Crippen molar-refractivity contribution in [1.82, 2.24) is 0 Å². The standard InChI is InChI=1S/C9H11NO5S2/c11-16(12)9-3-1-8(2-4-9)10-5-6-15-7-17(10,13)14/h1-4H,5-7H2,(H,11,12). The highest BCUT2D eigenvalue weighted by molar-refractivity contribution is 7.92. The molecular formula is C9H11NO5S2. The second kappa shape index (κ2) is 4.73. The van der Waals surface area contributed by atoms with E-state index >= 15 is 0 Å². The lowest BCUT2D eigenvalue weighted by Crippen LogP contribution is -2.41. The van der Waals surface area contributed by atoms with Crippen molar-refractivity contribution in [3.63, 3.8) is 0 Å². The first-order valence-electron chi connectivity index (χ1n) is 4.80. The Balaban J connectivity index is 2.30. The molecule has 1 aromatic rings. The fourth-order valence-electron chi connectivity index (χ4n) is 1.53. The molecule has 1 aromatic carbocycles. The molecule has 1 aliphatic heterocycles. The van der Waals surface area contributed by atoms with Crippen LogP contribution < -0.4 is 4.31 Å². The molecule has 0 bridgehead atoms. The molecule has 8 heteroatoms. The minimum atomic E-state index is -3.44. The first-order chi connectivity index (χ1) is 8.00. The number of ether oxygens (including phenoxy) is 1. The molecule has 0 spiro atoms. The largest absolute Gasteiger partial charge is 0.362 e. The van der Waals surface area contributed by atoms with E-state index in [-0.39, 0.29) is 17.4 Å². The van der Waals surface area contributed by atoms with Gasteiger partial charge in [0.2, 0.25) is 0 Å². The van der Waals surface area contributed by atoms with Gasteiger partial charge in [0, 0.05) is 0 Å². The first kappa shape index (κ1) is 12.5. The maximum Gasteiger partial charge on any atom is 0.259 e. The number of nitrogens with zero attached hydrogens (tertiary/aromatic N) is 1. The van der Waals surface area contributed by atoms with E-state index in [4.69, 9.17) is 9.29 Å². The quantitative estimate of drug-likeness (QED) is 0.791. The van der Waals surface area contributed by atoms with Crippen LogP contribution in [0.1, 0.15) is 0 Å². The van der Waals surface area contributed by atoms with Crippen LogP contribution in [0.25, 0.3) is 0 Å². The van der Waals surface area contributed by atoms with Gasteiger partial charge >= 0.3 is 0 Å². The third-order valence-electron chi connectivity index (χ3n) is 2.33. The number of rotatable bonds is 2. The summed E-state index contributed by atoms with van der Waals surface area (Å²) in [5, 5.41) is 0. The highest BCUT2D eigenvalue weighted by Crippen LogP contribution is 2.22. The fraction of sp³-hybridized carbons (Fsp3) is 0.333. The molecule has 1 saturated heterocycles. The molecule has 94 valence electrons. The Kier molecular flexibility index (Phi) is 3.48. The molecule has 2 rings (SSSR count). The van der Waals surface area contributed by atoms with E-state index < -0.39 is 21.1 Å². The summed E-state index contributed by atoms with van der Waals surface area (Å²) in [5.74, 6) is -0.333. The number of anilines is 1. The normalized spacial score (nSPS) is 21.1. The highest BCUT2D eigenvalue weighted by Gasteiger charge is 2.26. The summed E-state index contributed by atoms with van der Waals surface area (Å²) in [6.07, 6.45) is 0. The third-order valence-corrected chi connectivity index (χ3v) is 4.54. The van der Waals surface area contributed by atoms with E-state index in [0.29, 0.717) is 12.3 Å². The highest BCUT2D eigenvalue weighted by atomic mass is 32.2. The van der Waals surface area contributed by atoms with E-state index in [1.807, 2.05) is 0 Å². The summed E-state index contributed by atoms with van der Waals surface area (Å²) in [4.78, 5) is 0.236. The van der Waals surface area contributed by atoms with Crippen molar-refractivity contribution in [2.45, 2.75) is 4.90 Å². The number of sulfonamides is 1. The lowest BCUT2D eigenvalue weighted by Gasteiger charge is -2.28. The molecule has 1 fully saturated rings. The number of hydrogen-bond donors (Lipinski definition) is 1. The van der Waals surface area contributed by atoms with Crippen molar-refractivity contribution in [3.8, 4) is 0 Å². The predicted molar refractivity (Wildman–Crippen MR) is 62.6 cm³/mol.